The van der Waals surface area contributed by atoms with E-state index in [0.717, 1.165) is 35.5 Å². The fraction of sp³-hybridized carbons (Fsp3) is 0.311. The molecule has 0 saturated heterocycles. The molecule has 0 radical (unpaired) electrons. The third-order valence-corrected chi connectivity index (χ3v) is 20.0. The summed E-state index contributed by atoms with van der Waals surface area (Å²) < 4.78 is 0. The van der Waals surface area contributed by atoms with Gasteiger partial charge in [-0.2, -0.15) is 0 Å². The Morgan fingerprint density at radius 3 is 1.63 bits per heavy atom. The van der Waals surface area contributed by atoms with Gasteiger partial charge in [0.2, 0.25) is 0 Å². The summed E-state index contributed by atoms with van der Waals surface area (Å²) in [6.45, 7) is 4.93. The predicted octanol–water partition coefficient (Wildman–Crippen LogP) is 15.2. The molecular weight excluding hydrogens is 747 g/mol. The summed E-state index contributed by atoms with van der Waals surface area (Å²) in [5, 5.41) is 0. The SMILES string of the molecule is CC1(C)c2cc(-c3ccc4c(c3)[C@]3(c5ccccc5-4)[C@@H]4CC5C[C@@H]6C[C@@H]3C564)ccc2-c2ccc(N(c3ccccc3)c3ccc4c(c3)C3(CC5CCC3C5)c3ccccc3-4)cc21. The normalized spacial score (nSPS) is 32.5. The number of benzene rings is 7. The molecule has 2 bridgehead atoms. The minimum Gasteiger partial charge on any atom is -0.310 e. The predicted molar refractivity (Wildman–Crippen MR) is 252 cm³/mol. The third kappa shape index (κ3) is 3.56. The highest BCUT2D eigenvalue weighted by Gasteiger charge is 2.90. The van der Waals surface area contributed by atoms with Crippen LogP contribution in [0.15, 0.2) is 152 Å². The first kappa shape index (κ1) is 33.9. The molecule has 9 aliphatic rings. The Labute approximate surface area is 365 Å². The molecule has 0 aliphatic heterocycles. The summed E-state index contributed by atoms with van der Waals surface area (Å²) in [5.41, 5.74) is 25.4. The van der Waals surface area contributed by atoms with Crippen LogP contribution in [0, 0.1) is 40.9 Å². The Bertz CT molecular complexity index is 3140. The Morgan fingerprint density at radius 2 is 0.968 bits per heavy atom. The molecule has 7 aromatic rings. The van der Waals surface area contributed by atoms with Crippen LogP contribution in [-0.4, -0.2) is 0 Å². The Kier molecular flexibility index (Phi) is 5.97. The lowest BCUT2D eigenvalue weighted by Gasteiger charge is -2.92. The number of fused-ring (bicyclic) bond motifs is 18. The second-order valence-electron chi connectivity index (χ2n) is 22.0. The van der Waals surface area contributed by atoms with Gasteiger partial charge in [0.1, 0.15) is 0 Å². The largest absolute Gasteiger partial charge is 0.310 e. The second-order valence-corrected chi connectivity index (χ2v) is 22.0. The van der Waals surface area contributed by atoms with Crippen LogP contribution in [0.5, 0.6) is 0 Å². The van der Waals surface area contributed by atoms with E-state index in [1.54, 1.807) is 22.3 Å². The third-order valence-electron chi connectivity index (χ3n) is 20.0. The van der Waals surface area contributed by atoms with Crippen LogP contribution in [-0.2, 0) is 16.2 Å². The second kappa shape index (κ2) is 10.9. The summed E-state index contributed by atoms with van der Waals surface area (Å²) in [7, 11) is 0. The Hall–Kier alpha value is -5.66. The number of nitrogens with zero attached hydrogens (tertiary/aromatic N) is 1. The number of anilines is 3. The molecule has 3 spiro atoms. The summed E-state index contributed by atoms with van der Waals surface area (Å²) in [4.78, 5) is 2.54. The summed E-state index contributed by atoms with van der Waals surface area (Å²) >= 11 is 0. The highest BCUT2D eigenvalue weighted by Crippen LogP contribution is 2.94. The van der Waals surface area contributed by atoms with E-state index in [0.29, 0.717) is 5.41 Å². The number of rotatable bonds is 4. The maximum absolute atomic E-state index is 2.66. The van der Waals surface area contributed by atoms with Gasteiger partial charge in [-0.15, -0.1) is 0 Å². The van der Waals surface area contributed by atoms with Gasteiger partial charge in [0.25, 0.3) is 0 Å². The van der Waals surface area contributed by atoms with Crippen molar-refractivity contribution in [2.75, 3.05) is 4.90 Å². The van der Waals surface area contributed by atoms with Crippen LogP contribution >= 0.6 is 0 Å². The lowest BCUT2D eigenvalue weighted by atomic mass is 9.11. The number of hydrogen-bond acceptors (Lipinski definition) is 1. The van der Waals surface area contributed by atoms with Crippen LogP contribution in [0.1, 0.15) is 92.2 Å². The lowest BCUT2D eigenvalue weighted by Crippen LogP contribution is -2.88. The molecule has 62 heavy (non-hydrogen) atoms. The topological polar surface area (TPSA) is 3.24 Å². The van der Waals surface area contributed by atoms with E-state index in [9.17, 15) is 0 Å². The van der Waals surface area contributed by atoms with Crippen LogP contribution in [0.4, 0.5) is 17.1 Å². The van der Waals surface area contributed by atoms with Crippen molar-refractivity contribution in [3.8, 4) is 44.5 Å². The van der Waals surface area contributed by atoms with Crippen molar-refractivity contribution in [2.45, 2.75) is 75.0 Å². The first-order valence-corrected chi connectivity index (χ1v) is 24.1. The molecule has 1 heteroatoms. The van der Waals surface area contributed by atoms with Crippen molar-refractivity contribution < 1.29 is 0 Å². The van der Waals surface area contributed by atoms with Crippen molar-refractivity contribution >= 4 is 17.1 Å². The Balaban J connectivity index is 0.793. The molecule has 0 amide bonds. The minimum absolute atomic E-state index is 0.146. The molecule has 0 aromatic heterocycles. The summed E-state index contributed by atoms with van der Waals surface area (Å²) in [6, 6.07) is 59.8. The zero-order chi connectivity index (χ0) is 40.5. The van der Waals surface area contributed by atoms with E-state index in [2.05, 4.69) is 170 Å². The van der Waals surface area contributed by atoms with E-state index in [1.807, 2.05) is 0 Å². The number of hydrogen-bond donors (Lipinski definition) is 0. The minimum atomic E-state index is -0.146. The molecule has 0 N–H and O–H groups in total. The van der Waals surface area contributed by atoms with E-state index < -0.39 is 0 Å². The van der Waals surface area contributed by atoms with Gasteiger partial charge in [-0.3, -0.25) is 0 Å². The van der Waals surface area contributed by atoms with E-state index in [-0.39, 0.29) is 16.2 Å². The standard InChI is InChI=1S/C61H51N/c1-58(2)52-27-36(37-18-23-49-45-13-7-9-15-51(45)61(55(49)28-37)56-30-39-29-40-31-57(61)60(39,40)56)17-22-46(52)47-24-20-42(32-53(47)58)62(41-10-4-3-5-11-41)43-21-25-48-44-12-6-8-14-50(44)59(54(48)33-43)34-35-16-19-38(59)26-35/h3-15,17-18,20-25,27-28,32-33,35,38-40,56-57H,16,19,26,29-31,34H2,1-2H3/t35?,38?,39-,40?,56-,57-,59?,60?,61+/m1/s1. The van der Waals surface area contributed by atoms with Crippen molar-refractivity contribution in [1.82, 2.24) is 0 Å². The molecule has 300 valence electrons. The quantitative estimate of drug-likeness (QED) is 0.171. The fourth-order valence-corrected chi connectivity index (χ4v) is 17.7. The van der Waals surface area contributed by atoms with Gasteiger partial charge in [0, 0.05) is 33.3 Å². The van der Waals surface area contributed by atoms with Gasteiger partial charge in [-0.05, 0) is 206 Å². The highest BCUT2D eigenvalue weighted by molar-refractivity contribution is 5.91. The molecule has 9 aliphatic carbocycles. The van der Waals surface area contributed by atoms with Crippen LogP contribution in [0.25, 0.3) is 44.5 Å². The van der Waals surface area contributed by atoms with Crippen LogP contribution in [0.2, 0.25) is 0 Å². The smallest absolute Gasteiger partial charge is 0.0465 e. The van der Waals surface area contributed by atoms with Crippen LogP contribution < -0.4 is 4.90 Å². The lowest BCUT2D eigenvalue weighted by molar-refractivity contribution is -0.412. The Morgan fingerprint density at radius 1 is 0.419 bits per heavy atom. The summed E-state index contributed by atoms with van der Waals surface area (Å²) in [5.74, 6) is 5.33. The molecule has 6 fully saturated rings. The molecular formula is C61H51N. The molecule has 0 heterocycles. The van der Waals surface area contributed by atoms with Gasteiger partial charge in [0.05, 0.1) is 0 Å². The van der Waals surface area contributed by atoms with Gasteiger partial charge >= 0.3 is 0 Å². The van der Waals surface area contributed by atoms with Crippen molar-refractivity contribution in [3.63, 3.8) is 0 Å². The number of para-hydroxylation sites is 1. The average Bonchev–Trinajstić information content (AvgIpc) is 4.08. The zero-order valence-corrected chi connectivity index (χ0v) is 35.8. The highest BCUT2D eigenvalue weighted by atomic mass is 15.1. The maximum atomic E-state index is 2.66. The first-order chi connectivity index (χ1) is 30.4. The van der Waals surface area contributed by atoms with Gasteiger partial charge in [-0.25, -0.2) is 0 Å². The first-order valence-electron chi connectivity index (χ1n) is 24.1. The van der Waals surface area contributed by atoms with E-state index >= 15 is 0 Å². The molecule has 1 nitrogen and oxygen atoms in total. The maximum Gasteiger partial charge on any atom is 0.0465 e. The fourth-order valence-electron chi connectivity index (χ4n) is 17.7. The monoisotopic (exact) mass is 797 g/mol. The average molecular weight is 798 g/mol. The van der Waals surface area contributed by atoms with Crippen molar-refractivity contribution in [3.05, 3.63) is 185 Å². The molecule has 9 atom stereocenters. The van der Waals surface area contributed by atoms with E-state index in [1.165, 1.54) is 118 Å². The van der Waals surface area contributed by atoms with E-state index in [4.69, 9.17) is 0 Å². The zero-order valence-electron chi connectivity index (χ0n) is 35.8. The molecule has 7 aromatic carbocycles. The molecule has 6 saturated carbocycles. The molecule has 5 unspecified atom stereocenters. The van der Waals surface area contributed by atoms with Crippen LogP contribution in [0.3, 0.4) is 0 Å². The van der Waals surface area contributed by atoms with Gasteiger partial charge in [-0.1, -0.05) is 123 Å². The summed E-state index contributed by atoms with van der Waals surface area (Å²) in [6.07, 6.45) is 9.85. The van der Waals surface area contributed by atoms with Crippen molar-refractivity contribution in [2.24, 2.45) is 40.9 Å². The molecule has 16 rings (SSSR count). The van der Waals surface area contributed by atoms with Gasteiger partial charge in [0.15, 0.2) is 0 Å². The van der Waals surface area contributed by atoms with Gasteiger partial charge < -0.3 is 4.90 Å². The van der Waals surface area contributed by atoms with Crippen molar-refractivity contribution in [1.29, 1.82) is 0 Å².